The Morgan fingerprint density at radius 1 is 0.875 bits per heavy atom. The largest absolute Gasteiger partial charge is 0.339 e. The van der Waals surface area contributed by atoms with E-state index >= 15 is 0 Å². The van der Waals surface area contributed by atoms with Crippen LogP contribution >= 0.6 is 0 Å². The molecule has 0 bridgehead atoms. The average molecular weight is 424 g/mol. The zero-order valence-corrected chi connectivity index (χ0v) is 17.5. The topological polar surface area (TPSA) is 111 Å². The van der Waals surface area contributed by atoms with E-state index in [0.717, 1.165) is 34.3 Å². The second-order valence-electron chi connectivity index (χ2n) is 7.05. The summed E-state index contributed by atoms with van der Waals surface area (Å²) >= 11 is 0. The fraction of sp³-hybridized carbons (Fsp3) is 0.0909. The Bertz CT molecular complexity index is 1350. The van der Waals surface area contributed by atoms with Gasteiger partial charge < -0.3 is 10.6 Å². The fourth-order valence-corrected chi connectivity index (χ4v) is 3.25. The van der Waals surface area contributed by atoms with Crippen LogP contribution < -0.4 is 10.6 Å². The van der Waals surface area contributed by atoms with E-state index < -0.39 is 0 Å². The lowest BCUT2D eigenvalue weighted by atomic mass is 10.1. The van der Waals surface area contributed by atoms with Crippen molar-refractivity contribution in [1.29, 1.82) is 0 Å². The monoisotopic (exact) mass is 424 g/mol. The highest BCUT2D eigenvalue weighted by Crippen LogP contribution is 2.28. The average Bonchev–Trinajstić information content (AvgIpc) is 3.43. The molecule has 0 aliphatic heterocycles. The first kappa shape index (κ1) is 19.4. The molecular formula is C22H20N10. The van der Waals surface area contributed by atoms with E-state index in [9.17, 15) is 0 Å². The van der Waals surface area contributed by atoms with Crippen LogP contribution in [0, 0.1) is 6.92 Å². The number of nitrogens with zero attached hydrogens (tertiary/aromatic N) is 8. The van der Waals surface area contributed by atoms with Crippen LogP contribution in [-0.2, 0) is 7.05 Å². The van der Waals surface area contributed by atoms with Crippen LogP contribution in [0.25, 0.3) is 17.1 Å². The molecule has 0 saturated heterocycles. The van der Waals surface area contributed by atoms with Crippen molar-refractivity contribution >= 4 is 23.1 Å². The number of hydrogen-bond acceptors (Lipinski definition) is 8. The van der Waals surface area contributed by atoms with Gasteiger partial charge in [-0.3, -0.25) is 0 Å². The van der Waals surface area contributed by atoms with Crippen LogP contribution in [-0.4, -0.2) is 39.5 Å². The fourth-order valence-electron chi connectivity index (χ4n) is 3.25. The van der Waals surface area contributed by atoms with Crippen molar-refractivity contribution in [3.63, 3.8) is 0 Å². The highest BCUT2D eigenvalue weighted by atomic mass is 15.3. The lowest BCUT2D eigenvalue weighted by Gasteiger charge is -2.12. The smallest absolute Gasteiger partial charge is 0.229 e. The first-order valence-corrected chi connectivity index (χ1v) is 9.95. The van der Waals surface area contributed by atoms with Gasteiger partial charge in [-0.15, -0.1) is 0 Å². The predicted octanol–water partition coefficient (Wildman–Crippen LogP) is 3.65. The molecule has 0 saturated carbocycles. The Hall–Kier alpha value is -4.60. The minimum atomic E-state index is 0.482. The van der Waals surface area contributed by atoms with Gasteiger partial charge >= 0.3 is 0 Å². The molecule has 5 aromatic rings. The van der Waals surface area contributed by atoms with Gasteiger partial charge in [0.1, 0.15) is 24.3 Å². The molecule has 10 nitrogen and oxygen atoms in total. The minimum absolute atomic E-state index is 0.482. The Labute approximate surface area is 184 Å². The molecule has 158 valence electrons. The zero-order chi connectivity index (χ0) is 21.9. The maximum atomic E-state index is 4.59. The molecule has 3 heterocycles. The summed E-state index contributed by atoms with van der Waals surface area (Å²) in [5, 5.41) is 15.1. The third-order valence-electron chi connectivity index (χ3n) is 4.79. The molecule has 2 N–H and O–H groups in total. The number of benzene rings is 2. The second-order valence-corrected chi connectivity index (χ2v) is 7.05. The summed E-state index contributed by atoms with van der Waals surface area (Å²) in [7, 11) is 1.86. The van der Waals surface area contributed by atoms with Gasteiger partial charge in [-0.1, -0.05) is 12.1 Å². The number of para-hydroxylation sites is 1. The predicted molar refractivity (Wildman–Crippen MR) is 121 cm³/mol. The lowest BCUT2D eigenvalue weighted by molar-refractivity contribution is 0.775. The summed E-state index contributed by atoms with van der Waals surface area (Å²) in [6.45, 7) is 1.86. The van der Waals surface area contributed by atoms with Crippen LogP contribution in [0.3, 0.4) is 0 Å². The summed E-state index contributed by atoms with van der Waals surface area (Å²) in [6.07, 6.45) is 4.93. The number of anilines is 4. The van der Waals surface area contributed by atoms with Crippen LogP contribution in [0.2, 0.25) is 0 Å². The van der Waals surface area contributed by atoms with E-state index in [0.29, 0.717) is 11.8 Å². The molecule has 0 aliphatic rings. The van der Waals surface area contributed by atoms with Gasteiger partial charge in [0.05, 0.1) is 11.4 Å². The Balaban J connectivity index is 1.34. The molecular weight excluding hydrogens is 404 g/mol. The molecule has 0 atom stereocenters. The van der Waals surface area contributed by atoms with Crippen molar-refractivity contribution in [3.05, 3.63) is 79.3 Å². The summed E-state index contributed by atoms with van der Waals surface area (Å²) in [5.41, 5.74) is 3.59. The maximum absolute atomic E-state index is 4.59. The Kier molecular flexibility index (Phi) is 5.00. The third kappa shape index (κ3) is 4.01. The van der Waals surface area contributed by atoms with E-state index in [4.69, 9.17) is 0 Å². The molecule has 3 aromatic heterocycles. The highest BCUT2D eigenvalue weighted by Gasteiger charge is 2.11. The molecule has 0 unspecified atom stereocenters. The quantitative estimate of drug-likeness (QED) is 0.425. The molecule has 0 aliphatic carbocycles. The summed E-state index contributed by atoms with van der Waals surface area (Å²) < 4.78 is 3.46. The van der Waals surface area contributed by atoms with Crippen LogP contribution in [0.1, 0.15) is 5.82 Å². The van der Waals surface area contributed by atoms with Gasteiger partial charge in [-0.25, -0.2) is 24.3 Å². The maximum Gasteiger partial charge on any atom is 0.229 e. The van der Waals surface area contributed by atoms with Crippen LogP contribution in [0.15, 0.2) is 73.4 Å². The summed E-state index contributed by atoms with van der Waals surface area (Å²) in [5.74, 6) is 2.64. The van der Waals surface area contributed by atoms with Gasteiger partial charge in [-0.2, -0.15) is 15.2 Å². The van der Waals surface area contributed by atoms with Crippen molar-refractivity contribution in [3.8, 4) is 17.1 Å². The van der Waals surface area contributed by atoms with E-state index in [1.807, 2.05) is 68.6 Å². The molecule has 0 radical (unpaired) electrons. The van der Waals surface area contributed by atoms with Crippen molar-refractivity contribution < 1.29 is 0 Å². The van der Waals surface area contributed by atoms with E-state index in [1.165, 1.54) is 6.33 Å². The lowest BCUT2D eigenvalue weighted by Crippen LogP contribution is -2.02. The number of aryl methyl sites for hydroxylation is 2. The minimum Gasteiger partial charge on any atom is -0.339 e. The number of aromatic nitrogens is 8. The van der Waals surface area contributed by atoms with Crippen molar-refractivity contribution in [2.75, 3.05) is 10.6 Å². The molecule has 5 rings (SSSR count). The summed E-state index contributed by atoms with van der Waals surface area (Å²) in [6, 6.07) is 17.5. The van der Waals surface area contributed by atoms with Crippen molar-refractivity contribution in [1.82, 2.24) is 39.5 Å². The first-order chi connectivity index (χ1) is 15.7. The Morgan fingerprint density at radius 2 is 1.72 bits per heavy atom. The van der Waals surface area contributed by atoms with Gasteiger partial charge in [0.25, 0.3) is 0 Å². The van der Waals surface area contributed by atoms with Crippen LogP contribution in [0.5, 0.6) is 0 Å². The zero-order valence-electron chi connectivity index (χ0n) is 17.5. The van der Waals surface area contributed by atoms with Crippen LogP contribution in [0.4, 0.5) is 23.1 Å². The molecule has 2 aromatic carbocycles. The van der Waals surface area contributed by atoms with Crippen molar-refractivity contribution in [2.24, 2.45) is 7.05 Å². The van der Waals surface area contributed by atoms with E-state index in [2.05, 4.69) is 40.8 Å². The molecule has 0 fully saturated rings. The van der Waals surface area contributed by atoms with Crippen molar-refractivity contribution in [2.45, 2.75) is 6.92 Å². The number of rotatable bonds is 6. The van der Waals surface area contributed by atoms with Gasteiger partial charge in [0.2, 0.25) is 5.95 Å². The molecule has 10 heteroatoms. The number of hydrogen-bond donors (Lipinski definition) is 2. The summed E-state index contributed by atoms with van der Waals surface area (Å²) in [4.78, 5) is 17.4. The second kappa shape index (κ2) is 8.26. The first-order valence-electron chi connectivity index (χ1n) is 9.95. The number of nitrogens with one attached hydrogen (secondary N) is 2. The third-order valence-corrected chi connectivity index (χ3v) is 4.79. The van der Waals surface area contributed by atoms with E-state index in [-0.39, 0.29) is 0 Å². The standard InChI is InChI=1S/C22H20N10/c1-15-25-14-32(30-15)17-9-7-16(8-10-17)27-22-23-12-11-20(29-22)28-19-6-4-3-5-18(19)21-24-13-26-31(21)2/h3-14H,1-2H3,(H2,23,27,28,29). The Morgan fingerprint density at radius 3 is 2.47 bits per heavy atom. The molecule has 32 heavy (non-hydrogen) atoms. The van der Waals surface area contributed by atoms with E-state index in [1.54, 1.807) is 21.9 Å². The highest BCUT2D eigenvalue weighted by molar-refractivity contribution is 5.77. The molecule has 0 spiro atoms. The SMILES string of the molecule is Cc1ncn(-c2ccc(Nc3nccc(Nc4ccccc4-c4ncnn4C)n3)cc2)n1. The van der Waals surface area contributed by atoms with Gasteiger partial charge in [0.15, 0.2) is 5.82 Å². The normalized spacial score (nSPS) is 10.8. The molecule has 0 amide bonds. The van der Waals surface area contributed by atoms with Gasteiger partial charge in [-0.05, 0) is 49.4 Å². The van der Waals surface area contributed by atoms with Gasteiger partial charge in [0, 0.05) is 24.5 Å².